The molecule has 3 aromatic carbocycles. The number of imide groups is 1. The van der Waals surface area contributed by atoms with Gasteiger partial charge in [-0.05, 0) is 48.2 Å². The van der Waals surface area contributed by atoms with Crippen LogP contribution in [0, 0.1) is 18.7 Å². The predicted molar refractivity (Wildman–Crippen MR) is 163 cm³/mol. The van der Waals surface area contributed by atoms with Gasteiger partial charge in [0.2, 0.25) is 11.8 Å². The standard InChI is InChI=1S/C32H34ClFN4O5/c1-18-21(7-6-10-27(18)36-30(39)25-16-37(2)32(41)38(3)31(25)40)23-9-5-8-22(29(23)33)19-13-26(34)24(28(14-19)42-4)15-35-20-11-12-43-17-20/h5-10,13-14,20,25,35H,11-12,15-17H2,1-4H3,(H,36,39)/t20-,25?/m0/s1. The highest BCUT2D eigenvalue weighted by molar-refractivity contribution is 6.36. The Morgan fingerprint density at radius 1 is 1.12 bits per heavy atom. The van der Waals surface area contributed by atoms with Crippen molar-refractivity contribution in [3.05, 3.63) is 70.5 Å². The number of carbonyl (C=O) groups is 3. The third-order valence-corrected chi connectivity index (χ3v) is 8.49. The van der Waals surface area contributed by atoms with Gasteiger partial charge in [-0.25, -0.2) is 9.18 Å². The maximum absolute atomic E-state index is 15.4. The Hall–Kier alpha value is -3.99. The van der Waals surface area contributed by atoms with E-state index in [2.05, 4.69) is 10.6 Å². The second-order valence-corrected chi connectivity index (χ2v) is 11.2. The molecule has 4 amide bonds. The van der Waals surface area contributed by atoms with Gasteiger partial charge in [0.1, 0.15) is 17.5 Å². The van der Waals surface area contributed by atoms with E-state index in [4.69, 9.17) is 21.1 Å². The van der Waals surface area contributed by atoms with Crippen molar-refractivity contribution in [3.8, 4) is 28.0 Å². The van der Waals surface area contributed by atoms with Gasteiger partial charge in [0.15, 0.2) is 0 Å². The summed E-state index contributed by atoms with van der Waals surface area (Å²) in [5.41, 5.74) is 4.32. The lowest BCUT2D eigenvalue weighted by atomic mass is 9.94. The average molecular weight is 609 g/mol. The van der Waals surface area contributed by atoms with Gasteiger partial charge in [0.25, 0.3) is 0 Å². The molecule has 0 aliphatic carbocycles. The predicted octanol–water partition coefficient (Wildman–Crippen LogP) is 5.09. The van der Waals surface area contributed by atoms with Crippen LogP contribution in [0.3, 0.4) is 0 Å². The maximum atomic E-state index is 15.4. The summed E-state index contributed by atoms with van der Waals surface area (Å²) in [7, 11) is 4.42. The summed E-state index contributed by atoms with van der Waals surface area (Å²) >= 11 is 6.96. The van der Waals surface area contributed by atoms with Crippen LogP contribution in [-0.2, 0) is 20.9 Å². The normalized spacial score (nSPS) is 18.7. The molecule has 0 spiro atoms. The van der Waals surface area contributed by atoms with E-state index >= 15 is 4.39 Å². The highest BCUT2D eigenvalue weighted by Crippen LogP contribution is 2.41. The molecule has 2 saturated heterocycles. The third-order valence-electron chi connectivity index (χ3n) is 8.08. The molecule has 0 radical (unpaired) electrons. The van der Waals surface area contributed by atoms with Crippen molar-refractivity contribution in [2.24, 2.45) is 5.92 Å². The number of hydrogen-bond donors (Lipinski definition) is 2. The number of halogens is 2. The number of carbonyl (C=O) groups excluding carboxylic acids is 3. The lowest BCUT2D eigenvalue weighted by Crippen LogP contribution is -2.56. The maximum Gasteiger partial charge on any atom is 0.326 e. The van der Waals surface area contributed by atoms with E-state index in [-0.39, 0.29) is 12.6 Å². The van der Waals surface area contributed by atoms with Gasteiger partial charge in [-0.15, -0.1) is 0 Å². The van der Waals surface area contributed by atoms with E-state index in [0.29, 0.717) is 58.5 Å². The van der Waals surface area contributed by atoms with E-state index in [0.717, 1.165) is 22.4 Å². The minimum absolute atomic E-state index is 0.00960. The van der Waals surface area contributed by atoms with E-state index < -0.39 is 29.6 Å². The molecular formula is C32H34ClFN4O5. The quantitative estimate of drug-likeness (QED) is 0.346. The average Bonchev–Trinajstić information content (AvgIpc) is 3.52. The van der Waals surface area contributed by atoms with Crippen molar-refractivity contribution in [2.75, 3.05) is 46.3 Å². The van der Waals surface area contributed by atoms with E-state index in [1.807, 2.05) is 31.2 Å². The lowest BCUT2D eigenvalue weighted by molar-refractivity contribution is -0.140. The van der Waals surface area contributed by atoms with Gasteiger partial charge in [0.05, 0.1) is 18.7 Å². The van der Waals surface area contributed by atoms with Gasteiger partial charge in [-0.3, -0.25) is 14.5 Å². The van der Waals surface area contributed by atoms with Crippen LogP contribution in [0.2, 0.25) is 5.02 Å². The summed E-state index contributed by atoms with van der Waals surface area (Å²) in [6, 6.07) is 13.9. The number of nitrogens with one attached hydrogen (secondary N) is 2. The number of amides is 4. The zero-order valence-corrected chi connectivity index (χ0v) is 25.3. The zero-order chi connectivity index (χ0) is 30.8. The molecule has 2 atom stereocenters. The minimum Gasteiger partial charge on any atom is -0.496 e. The summed E-state index contributed by atoms with van der Waals surface area (Å²) in [4.78, 5) is 40.2. The fourth-order valence-corrected chi connectivity index (χ4v) is 5.85. The molecule has 1 unspecified atom stereocenters. The van der Waals surface area contributed by atoms with Crippen LogP contribution in [0.4, 0.5) is 14.9 Å². The van der Waals surface area contributed by atoms with Crippen LogP contribution in [0.25, 0.3) is 22.3 Å². The van der Waals surface area contributed by atoms with Crippen molar-refractivity contribution in [1.82, 2.24) is 15.1 Å². The van der Waals surface area contributed by atoms with Gasteiger partial charge in [-0.2, -0.15) is 0 Å². The minimum atomic E-state index is -1.03. The number of ether oxygens (including phenoxy) is 2. The molecule has 3 aromatic rings. The molecule has 0 bridgehead atoms. The van der Waals surface area contributed by atoms with Crippen molar-refractivity contribution in [3.63, 3.8) is 0 Å². The van der Waals surface area contributed by atoms with E-state index in [1.165, 1.54) is 25.1 Å². The van der Waals surface area contributed by atoms with E-state index in [1.54, 1.807) is 25.2 Å². The van der Waals surface area contributed by atoms with Crippen LogP contribution < -0.4 is 15.4 Å². The smallest absolute Gasteiger partial charge is 0.326 e. The summed E-state index contributed by atoms with van der Waals surface area (Å²) in [6.07, 6.45) is 0.878. The van der Waals surface area contributed by atoms with Crippen molar-refractivity contribution in [2.45, 2.75) is 25.9 Å². The van der Waals surface area contributed by atoms with Gasteiger partial charge in [0, 0.05) is 62.2 Å². The Morgan fingerprint density at radius 3 is 2.56 bits per heavy atom. The van der Waals surface area contributed by atoms with Gasteiger partial charge >= 0.3 is 6.03 Å². The second-order valence-electron chi connectivity index (χ2n) is 10.8. The number of benzene rings is 3. The molecule has 5 rings (SSSR count). The van der Waals surface area contributed by atoms with Crippen LogP contribution in [0.5, 0.6) is 5.75 Å². The SMILES string of the molecule is COc1cc(-c2cccc(-c3cccc(NC(=O)C4CN(C)C(=O)N(C)C4=O)c3C)c2Cl)cc(F)c1CN[C@H]1CCOC1. The van der Waals surface area contributed by atoms with E-state index in [9.17, 15) is 14.4 Å². The monoisotopic (exact) mass is 608 g/mol. The molecule has 2 heterocycles. The second kappa shape index (κ2) is 12.7. The molecule has 0 aromatic heterocycles. The number of methoxy groups -OCH3 is 1. The van der Waals surface area contributed by atoms with Crippen molar-refractivity contribution >= 4 is 35.1 Å². The Kier molecular flexibility index (Phi) is 9.00. The first-order chi connectivity index (χ1) is 20.6. The molecule has 2 N–H and O–H groups in total. The molecular weight excluding hydrogens is 575 g/mol. The Bertz CT molecular complexity index is 1580. The molecule has 11 heteroatoms. The number of urea groups is 1. The molecule has 43 heavy (non-hydrogen) atoms. The highest BCUT2D eigenvalue weighted by Gasteiger charge is 2.39. The Labute approximate surface area is 254 Å². The molecule has 2 aliphatic heterocycles. The van der Waals surface area contributed by atoms with Crippen LogP contribution in [0.15, 0.2) is 48.5 Å². The summed E-state index contributed by atoms with van der Waals surface area (Å²) in [5.74, 6) is -2.08. The van der Waals surface area contributed by atoms with Crippen molar-refractivity contribution < 1.29 is 28.2 Å². The van der Waals surface area contributed by atoms with Gasteiger partial charge in [-0.1, -0.05) is 41.9 Å². The first-order valence-electron chi connectivity index (χ1n) is 14.0. The molecule has 2 aliphatic rings. The first-order valence-corrected chi connectivity index (χ1v) is 14.4. The lowest BCUT2D eigenvalue weighted by Gasteiger charge is -2.33. The topological polar surface area (TPSA) is 100 Å². The number of hydrogen-bond acceptors (Lipinski definition) is 6. The summed E-state index contributed by atoms with van der Waals surface area (Å²) < 4.78 is 26.4. The molecule has 226 valence electrons. The molecule has 9 nitrogen and oxygen atoms in total. The number of nitrogens with zero attached hydrogens (tertiary/aromatic N) is 2. The summed E-state index contributed by atoms with van der Waals surface area (Å²) in [6.45, 7) is 3.44. The Morgan fingerprint density at radius 2 is 1.84 bits per heavy atom. The fraction of sp³-hybridized carbons (Fsp3) is 0.344. The number of rotatable bonds is 8. The first kappa shape index (κ1) is 30.5. The van der Waals surface area contributed by atoms with Crippen LogP contribution in [0.1, 0.15) is 17.5 Å². The van der Waals surface area contributed by atoms with Gasteiger partial charge < -0.3 is 25.0 Å². The van der Waals surface area contributed by atoms with Crippen molar-refractivity contribution in [1.29, 1.82) is 0 Å². The number of anilines is 1. The highest BCUT2D eigenvalue weighted by atomic mass is 35.5. The largest absolute Gasteiger partial charge is 0.496 e. The molecule has 0 saturated carbocycles. The summed E-state index contributed by atoms with van der Waals surface area (Å²) in [5, 5.41) is 6.60. The van der Waals surface area contributed by atoms with Crippen LogP contribution >= 0.6 is 11.6 Å². The Balaban J connectivity index is 1.42. The fourth-order valence-electron chi connectivity index (χ4n) is 5.52. The molecule has 2 fully saturated rings. The van der Waals surface area contributed by atoms with Crippen LogP contribution in [-0.4, -0.2) is 74.7 Å². The zero-order valence-electron chi connectivity index (χ0n) is 24.5. The third kappa shape index (κ3) is 6.08.